The fraction of sp³-hybridized carbons (Fsp3) is 0.500. The first-order chi connectivity index (χ1) is 17.8. The van der Waals surface area contributed by atoms with Crippen molar-refractivity contribution in [2.24, 2.45) is 5.92 Å². The van der Waals surface area contributed by atoms with Crippen LogP contribution < -0.4 is 10.2 Å². The van der Waals surface area contributed by atoms with Crippen molar-refractivity contribution >= 4 is 17.8 Å². The molecular formula is C28H36FN7O. The van der Waals surface area contributed by atoms with Crippen LogP contribution in [0.15, 0.2) is 43.0 Å². The van der Waals surface area contributed by atoms with Crippen molar-refractivity contribution in [3.05, 3.63) is 60.1 Å². The quantitative estimate of drug-likeness (QED) is 0.445. The first-order valence-corrected chi connectivity index (χ1v) is 13.3. The largest absolute Gasteiger partial charge is 0.343 e. The number of carbonyl (C=O) groups is 1. The summed E-state index contributed by atoms with van der Waals surface area (Å²) in [5.41, 5.74) is 2.36. The van der Waals surface area contributed by atoms with Gasteiger partial charge in [-0.3, -0.25) is 4.90 Å². The number of benzene rings is 1. The van der Waals surface area contributed by atoms with Gasteiger partial charge in [0.15, 0.2) is 0 Å². The van der Waals surface area contributed by atoms with Gasteiger partial charge in [-0.05, 0) is 67.3 Å². The zero-order valence-corrected chi connectivity index (χ0v) is 22.3. The van der Waals surface area contributed by atoms with Gasteiger partial charge in [-0.1, -0.05) is 27.7 Å². The molecule has 3 aromatic rings. The van der Waals surface area contributed by atoms with Crippen LogP contribution in [0.4, 0.5) is 21.0 Å². The smallest absolute Gasteiger partial charge is 0.325 e. The van der Waals surface area contributed by atoms with Gasteiger partial charge < -0.3 is 14.8 Å². The molecule has 2 aliphatic carbocycles. The van der Waals surface area contributed by atoms with Crippen LogP contribution in [-0.2, 0) is 5.54 Å². The zero-order chi connectivity index (χ0) is 26.3. The fourth-order valence-corrected chi connectivity index (χ4v) is 4.98. The third-order valence-electron chi connectivity index (χ3n) is 7.41. The molecule has 37 heavy (non-hydrogen) atoms. The number of likely N-dealkylation sites (N-methyl/N-ethyl adjacent to an activating group) is 1. The van der Waals surface area contributed by atoms with Crippen LogP contribution in [0.1, 0.15) is 70.6 Å². The molecule has 1 saturated heterocycles. The summed E-state index contributed by atoms with van der Waals surface area (Å²) >= 11 is 0. The van der Waals surface area contributed by atoms with Crippen LogP contribution in [0.3, 0.4) is 0 Å². The highest BCUT2D eigenvalue weighted by Gasteiger charge is 2.47. The van der Waals surface area contributed by atoms with Gasteiger partial charge in [0.25, 0.3) is 0 Å². The van der Waals surface area contributed by atoms with E-state index in [2.05, 4.69) is 35.2 Å². The lowest BCUT2D eigenvalue weighted by molar-refractivity contribution is 0.229. The Morgan fingerprint density at radius 3 is 2.57 bits per heavy atom. The molecule has 2 saturated carbocycles. The lowest BCUT2D eigenvalue weighted by atomic mass is 10.0. The van der Waals surface area contributed by atoms with Gasteiger partial charge in [-0.15, -0.1) is 0 Å². The predicted octanol–water partition coefficient (Wildman–Crippen LogP) is 5.70. The Morgan fingerprint density at radius 2 is 1.89 bits per heavy atom. The minimum atomic E-state index is -0.361. The van der Waals surface area contributed by atoms with Crippen molar-refractivity contribution in [2.45, 2.75) is 70.9 Å². The summed E-state index contributed by atoms with van der Waals surface area (Å²) in [4.78, 5) is 30.1. The Labute approximate surface area is 217 Å². The molecule has 2 aromatic heterocycles. The van der Waals surface area contributed by atoms with E-state index >= 15 is 0 Å². The molecular weight excluding hydrogens is 469 g/mol. The molecule has 3 aliphatic rings. The number of carbonyl (C=O) groups excluding carboxylic acids is 1. The molecule has 0 bridgehead atoms. The molecule has 1 N–H and O–H groups in total. The molecule has 3 fully saturated rings. The van der Waals surface area contributed by atoms with Crippen molar-refractivity contribution in [3.63, 3.8) is 0 Å². The van der Waals surface area contributed by atoms with E-state index in [1.54, 1.807) is 40.5 Å². The van der Waals surface area contributed by atoms with E-state index in [9.17, 15) is 9.18 Å². The molecule has 0 radical (unpaired) electrons. The van der Waals surface area contributed by atoms with Gasteiger partial charge in [0.05, 0.1) is 23.6 Å². The van der Waals surface area contributed by atoms with Gasteiger partial charge >= 0.3 is 6.03 Å². The second kappa shape index (κ2) is 9.76. The lowest BCUT2D eigenvalue weighted by Gasteiger charge is -2.25. The molecule has 3 heterocycles. The Bertz CT molecular complexity index is 1280. The molecule has 0 spiro atoms. The van der Waals surface area contributed by atoms with E-state index in [1.807, 2.05) is 31.7 Å². The second-order valence-corrected chi connectivity index (χ2v) is 10.5. The Balaban J connectivity index is 0.00000137. The summed E-state index contributed by atoms with van der Waals surface area (Å²) in [5, 5.41) is 3.47. The number of hydrogen-bond acceptors (Lipinski definition) is 5. The summed E-state index contributed by atoms with van der Waals surface area (Å²) in [6, 6.07) is 7.04. The maximum atomic E-state index is 14.2. The number of urea groups is 1. The van der Waals surface area contributed by atoms with Gasteiger partial charge in [-0.2, -0.15) is 4.98 Å². The van der Waals surface area contributed by atoms with Crippen LogP contribution in [0, 0.1) is 11.7 Å². The number of aromatic nitrogens is 4. The standard InChI is InChI=1S/C26H30FN7O.C2H6/c1-16(2)21-13-32(3)25(35)34(21)23-6-9-28-24(30-23)31-26(7-8-26)22-14-33(15-29-22)20-11-18(17-4-5-17)10-19(27)12-20;1-2/h6,9-12,14-17,21H,4-5,7-8,13H2,1-3H3,(H,28,30,31);1-2H3/t21-;/m1./s1. The van der Waals surface area contributed by atoms with E-state index in [0.29, 0.717) is 30.1 Å². The number of halogens is 1. The number of amides is 2. The number of hydrogen-bond donors (Lipinski definition) is 1. The Hall–Kier alpha value is -3.49. The molecule has 2 amide bonds. The third kappa shape index (κ3) is 4.91. The number of rotatable bonds is 7. The lowest BCUT2D eigenvalue weighted by Crippen LogP contribution is -2.38. The van der Waals surface area contributed by atoms with Gasteiger partial charge in [-0.25, -0.2) is 19.2 Å². The van der Waals surface area contributed by atoms with Crippen molar-refractivity contribution in [1.82, 2.24) is 24.4 Å². The van der Waals surface area contributed by atoms with E-state index in [4.69, 9.17) is 4.98 Å². The second-order valence-electron chi connectivity index (χ2n) is 10.5. The van der Waals surface area contributed by atoms with Crippen molar-refractivity contribution in [3.8, 4) is 5.69 Å². The molecule has 9 heteroatoms. The third-order valence-corrected chi connectivity index (χ3v) is 7.41. The first kappa shape index (κ1) is 25.2. The minimum absolute atomic E-state index is 0.0473. The number of imidazole rings is 1. The molecule has 6 rings (SSSR count). The highest BCUT2D eigenvalue weighted by atomic mass is 19.1. The highest BCUT2D eigenvalue weighted by Crippen LogP contribution is 2.47. The molecule has 1 atom stereocenters. The van der Waals surface area contributed by atoms with Crippen LogP contribution in [0.2, 0.25) is 0 Å². The normalized spacial score (nSPS) is 20.2. The van der Waals surface area contributed by atoms with Crippen LogP contribution >= 0.6 is 0 Å². The maximum absolute atomic E-state index is 14.2. The molecule has 0 unspecified atom stereocenters. The van der Waals surface area contributed by atoms with E-state index < -0.39 is 0 Å². The van der Waals surface area contributed by atoms with Crippen LogP contribution in [-0.4, -0.2) is 50.1 Å². The molecule has 196 valence electrons. The SMILES string of the molecule is CC.CC(C)[C@H]1CN(C)C(=O)N1c1ccnc(NC2(c3cn(-c4cc(F)cc(C5CC5)c4)cn3)CC2)n1. The average Bonchev–Trinajstić information content (AvgIpc) is 3.81. The summed E-state index contributed by atoms with van der Waals surface area (Å²) in [5.74, 6) is 1.64. The molecule has 8 nitrogen and oxygen atoms in total. The van der Waals surface area contributed by atoms with Crippen molar-refractivity contribution in [2.75, 3.05) is 23.8 Å². The summed E-state index contributed by atoms with van der Waals surface area (Å²) < 4.78 is 16.1. The van der Waals surface area contributed by atoms with Gasteiger partial charge in [0, 0.05) is 31.7 Å². The zero-order valence-electron chi connectivity index (χ0n) is 22.3. The molecule has 1 aromatic carbocycles. The van der Waals surface area contributed by atoms with Gasteiger partial charge in [0.1, 0.15) is 11.6 Å². The van der Waals surface area contributed by atoms with E-state index in [0.717, 1.165) is 42.6 Å². The number of anilines is 2. The minimum Gasteiger partial charge on any atom is -0.343 e. The summed E-state index contributed by atoms with van der Waals surface area (Å²) in [6.45, 7) is 8.91. The van der Waals surface area contributed by atoms with Crippen LogP contribution in [0.5, 0.6) is 0 Å². The van der Waals surface area contributed by atoms with E-state index in [1.165, 1.54) is 0 Å². The molecule has 1 aliphatic heterocycles. The summed E-state index contributed by atoms with van der Waals surface area (Å²) in [7, 11) is 1.82. The first-order valence-electron chi connectivity index (χ1n) is 13.3. The maximum Gasteiger partial charge on any atom is 0.325 e. The topological polar surface area (TPSA) is 79.2 Å². The number of nitrogens with zero attached hydrogens (tertiary/aromatic N) is 6. The Kier molecular flexibility index (Phi) is 6.64. The fourth-order valence-electron chi connectivity index (χ4n) is 4.98. The average molecular weight is 506 g/mol. The van der Waals surface area contributed by atoms with Gasteiger partial charge in [0.2, 0.25) is 5.95 Å². The van der Waals surface area contributed by atoms with E-state index in [-0.39, 0.29) is 23.4 Å². The van der Waals surface area contributed by atoms with Crippen molar-refractivity contribution in [1.29, 1.82) is 0 Å². The Morgan fingerprint density at radius 1 is 1.14 bits per heavy atom. The number of nitrogens with one attached hydrogen (secondary N) is 1. The van der Waals surface area contributed by atoms with Crippen molar-refractivity contribution < 1.29 is 9.18 Å². The highest BCUT2D eigenvalue weighted by molar-refractivity contribution is 5.94. The van der Waals surface area contributed by atoms with Crippen LogP contribution in [0.25, 0.3) is 5.69 Å². The monoisotopic (exact) mass is 505 g/mol. The predicted molar refractivity (Wildman–Crippen MR) is 143 cm³/mol. The summed E-state index contributed by atoms with van der Waals surface area (Å²) in [6.07, 6.45) is 9.44.